The summed E-state index contributed by atoms with van der Waals surface area (Å²) in [5, 5.41) is 38.5. The van der Waals surface area contributed by atoms with E-state index in [0.717, 1.165) is 27.6 Å². The number of rotatable bonds is 7. The molecule has 12 nitrogen and oxygen atoms in total. The molecule has 2 saturated heterocycles. The highest BCUT2D eigenvalue weighted by Crippen LogP contribution is 2.26. The van der Waals surface area contributed by atoms with Gasteiger partial charge in [-0.15, -0.1) is 0 Å². The van der Waals surface area contributed by atoms with Crippen molar-refractivity contribution in [2.75, 3.05) is 49.9 Å². The fourth-order valence-corrected chi connectivity index (χ4v) is 5.44. The molecule has 0 unspecified atom stereocenters. The van der Waals surface area contributed by atoms with Gasteiger partial charge in [0.1, 0.15) is 24.3 Å². The molecule has 4 N–H and O–H groups in total. The molecule has 2 aliphatic heterocycles. The van der Waals surface area contributed by atoms with E-state index in [1.807, 2.05) is 62.4 Å². The van der Waals surface area contributed by atoms with Crippen LogP contribution in [0.5, 0.6) is 0 Å². The zero-order valence-corrected chi connectivity index (χ0v) is 26.6. The number of fused-ring (bicyclic) bond motifs is 2. The summed E-state index contributed by atoms with van der Waals surface area (Å²) in [5.41, 5.74) is 0.105. The topological polar surface area (TPSA) is 163 Å². The maximum atomic E-state index is 11.6. The number of aliphatic hydroxyl groups is 2. The lowest BCUT2D eigenvalue weighted by atomic mass is 9.91. The van der Waals surface area contributed by atoms with Gasteiger partial charge in [-0.2, -0.15) is 5.26 Å². The molecule has 6 rings (SSSR count). The fourth-order valence-electron chi connectivity index (χ4n) is 5.44. The zero-order valence-electron chi connectivity index (χ0n) is 26.6. The van der Waals surface area contributed by atoms with E-state index in [4.69, 9.17) is 5.26 Å². The lowest BCUT2D eigenvalue weighted by Gasteiger charge is -2.38. The Morgan fingerprint density at radius 1 is 0.826 bits per heavy atom. The number of nitrogens with one attached hydrogen (secondary N) is 2. The molecule has 4 heterocycles. The third-order valence-corrected chi connectivity index (χ3v) is 8.27. The Kier molecular flexibility index (Phi) is 11.8. The van der Waals surface area contributed by atoms with Crippen LogP contribution in [0.3, 0.4) is 0 Å². The SMILES string of the molecule is C=CC(=O)N1CCC(O)(CNc2ncnc3ccccc23)CC1.CC.N#CN1CCC(O)(CNc2ncnc3ccccc23)CC1. The average Bonchev–Trinajstić information content (AvgIpc) is 3.11. The number of para-hydroxylation sites is 2. The highest BCUT2D eigenvalue weighted by atomic mass is 16.3. The molecule has 0 radical (unpaired) electrons. The van der Waals surface area contributed by atoms with Gasteiger partial charge in [0.05, 0.1) is 22.2 Å². The standard InChI is InChI=1S/C17H20N4O2.C15H17N5O.C2H6/c1-2-15(22)21-9-7-17(23,8-10-21)11-18-16-13-5-3-4-6-14(13)19-12-20-16;16-10-20-7-5-15(21,6-8-20)9-17-14-12-3-1-2-4-13(12)18-11-19-14;1-2/h2-6,12,23H,1,7-11H2,(H,18,19,20);1-4,11,21H,5-9H2,(H,17,18,19);1-2H3. The molecule has 2 aliphatic rings. The van der Waals surface area contributed by atoms with Crippen LogP contribution in [0.25, 0.3) is 21.8 Å². The molecule has 1 amide bonds. The Hall–Kier alpha value is -4.86. The second-order valence-electron chi connectivity index (χ2n) is 11.3. The van der Waals surface area contributed by atoms with E-state index >= 15 is 0 Å². The van der Waals surface area contributed by atoms with E-state index in [9.17, 15) is 15.0 Å². The summed E-state index contributed by atoms with van der Waals surface area (Å²) < 4.78 is 0. The molecular weight excluding hydrogens is 582 g/mol. The fraction of sp³-hybridized carbons (Fsp3) is 0.412. The minimum absolute atomic E-state index is 0.0817. The first-order valence-corrected chi connectivity index (χ1v) is 15.7. The van der Waals surface area contributed by atoms with Crippen molar-refractivity contribution in [1.82, 2.24) is 29.7 Å². The van der Waals surface area contributed by atoms with E-state index in [1.165, 1.54) is 18.7 Å². The van der Waals surface area contributed by atoms with Crippen LogP contribution in [0.2, 0.25) is 0 Å². The van der Waals surface area contributed by atoms with Gasteiger partial charge in [0.25, 0.3) is 0 Å². The second-order valence-corrected chi connectivity index (χ2v) is 11.3. The van der Waals surface area contributed by atoms with Crippen LogP contribution in [-0.4, -0.2) is 96.3 Å². The van der Waals surface area contributed by atoms with Crippen molar-refractivity contribution in [1.29, 1.82) is 5.26 Å². The molecule has 2 fully saturated rings. The lowest BCUT2D eigenvalue weighted by Crippen LogP contribution is -2.49. The van der Waals surface area contributed by atoms with Crippen molar-refractivity contribution in [3.63, 3.8) is 0 Å². The molecular formula is C34H43N9O3. The van der Waals surface area contributed by atoms with Crippen LogP contribution in [0, 0.1) is 11.5 Å². The Morgan fingerprint density at radius 3 is 1.70 bits per heavy atom. The molecule has 0 spiro atoms. The zero-order chi connectivity index (χ0) is 33.0. The Morgan fingerprint density at radius 2 is 1.26 bits per heavy atom. The molecule has 242 valence electrons. The molecule has 0 saturated carbocycles. The summed E-state index contributed by atoms with van der Waals surface area (Å²) in [6.45, 7) is 10.6. The molecule has 0 atom stereocenters. The third-order valence-electron chi connectivity index (χ3n) is 8.27. The van der Waals surface area contributed by atoms with Gasteiger partial charge in [0.15, 0.2) is 6.19 Å². The van der Waals surface area contributed by atoms with E-state index in [2.05, 4.69) is 43.3 Å². The van der Waals surface area contributed by atoms with Crippen LogP contribution in [0.15, 0.2) is 73.8 Å². The molecule has 2 aromatic heterocycles. The van der Waals surface area contributed by atoms with Gasteiger partial charge in [0.2, 0.25) is 5.91 Å². The number of benzene rings is 2. The quantitative estimate of drug-likeness (QED) is 0.174. The maximum absolute atomic E-state index is 11.6. The first-order valence-electron chi connectivity index (χ1n) is 15.7. The number of carbonyl (C=O) groups excluding carboxylic acids is 1. The van der Waals surface area contributed by atoms with Gasteiger partial charge in [0, 0.05) is 50.0 Å². The van der Waals surface area contributed by atoms with Crippen LogP contribution in [0.4, 0.5) is 11.6 Å². The van der Waals surface area contributed by atoms with E-state index in [0.29, 0.717) is 70.8 Å². The number of carbonyl (C=O) groups is 1. The number of likely N-dealkylation sites (tertiary alicyclic amines) is 2. The normalized spacial score (nSPS) is 16.6. The van der Waals surface area contributed by atoms with Gasteiger partial charge in [-0.05, 0) is 56.0 Å². The molecule has 12 heteroatoms. The van der Waals surface area contributed by atoms with Crippen molar-refractivity contribution in [3.8, 4) is 6.19 Å². The van der Waals surface area contributed by atoms with E-state index in [1.54, 1.807) is 9.80 Å². The van der Waals surface area contributed by atoms with Crippen molar-refractivity contribution in [2.45, 2.75) is 50.7 Å². The number of amides is 1. The van der Waals surface area contributed by atoms with Crippen molar-refractivity contribution >= 4 is 39.3 Å². The van der Waals surface area contributed by atoms with Gasteiger partial charge >= 0.3 is 0 Å². The number of anilines is 2. The monoisotopic (exact) mass is 625 g/mol. The number of piperidine rings is 2. The van der Waals surface area contributed by atoms with Gasteiger partial charge in [-0.1, -0.05) is 44.7 Å². The van der Waals surface area contributed by atoms with Crippen molar-refractivity contribution in [3.05, 3.63) is 73.8 Å². The third kappa shape index (κ3) is 8.65. The van der Waals surface area contributed by atoms with Gasteiger partial charge in [-0.25, -0.2) is 19.9 Å². The van der Waals surface area contributed by atoms with Crippen LogP contribution in [0.1, 0.15) is 39.5 Å². The predicted octanol–water partition coefficient (Wildman–Crippen LogP) is 3.96. The van der Waals surface area contributed by atoms with Gasteiger partial charge in [-0.3, -0.25) is 4.79 Å². The number of aromatic nitrogens is 4. The first-order chi connectivity index (χ1) is 22.3. The largest absolute Gasteiger partial charge is 0.388 e. The van der Waals surface area contributed by atoms with Crippen LogP contribution in [-0.2, 0) is 4.79 Å². The number of nitrogens with zero attached hydrogens (tertiary/aromatic N) is 7. The van der Waals surface area contributed by atoms with Crippen LogP contribution < -0.4 is 10.6 Å². The molecule has 0 aliphatic carbocycles. The Balaban J connectivity index is 0.000000199. The Bertz CT molecular complexity index is 1630. The predicted molar refractivity (Wildman–Crippen MR) is 180 cm³/mol. The van der Waals surface area contributed by atoms with Crippen molar-refractivity contribution in [2.24, 2.45) is 0 Å². The second kappa shape index (κ2) is 15.9. The highest BCUT2D eigenvalue weighted by Gasteiger charge is 2.34. The summed E-state index contributed by atoms with van der Waals surface area (Å²) >= 11 is 0. The Labute approximate surface area is 269 Å². The molecule has 0 bridgehead atoms. The van der Waals surface area contributed by atoms with E-state index < -0.39 is 11.2 Å². The number of nitriles is 1. The number of hydrogen-bond donors (Lipinski definition) is 4. The average molecular weight is 626 g/mol. The summed E-state index contributed by atoms with van der Waals surface area (Å²) in [6, 6.07) is 15.5. The molecule has 2 aromatic carbocycles. The first kappa shape index (κ1) is 34.0. The molecule has 4 aromatic rings. The smallest absolute Gasteiger partial charge is 0.245 e. The molecule has 46 heavy (non-hydrogen) atoms. The summed E-state index contributed by atoms with van der Waals surface area (Å²) in [4.78, 5) is 32.0. The minimum Gasteiger partial charge on any atom is -0.388 e. The summed E-state index contributed by atoms with van der Waals surface area (Å²) in [6.07, 6.45) is 8.69. The van der Waals surface area contributed by atoms with Crippen molar-refractivity contribution < 1.29 is 15.0 Å². The van der Waals surface area contributed by atoms with E-state index in [-0.39, 0.29) is 5.91 Å². The summed E-state index contributed by atoms with van der Waals surface area (Å²) in [7, 11) is 0. The lowest BCUT2D eigenvalue weighted by molar-refractivity contribution is -0.129. The minimum atomic E-state index is -0.843. The van der Waals surface area contributed by atoms with Gasteiger partial charge < -0.3 is 30.6 Å². The maximum Gasteiger partial charge on any atom is 0.245 e. The number of hydrogen-bond acceptors (Lipinski definition) is 11. The highest BCUT2D eigenvalue weighted by molar-refractivity contribution is 5.89. The van der Waals surface area contributed by atoms with Crippen LogP contribution >= 0.6 is 0 Å². The summed E-state index contributed by atoms with van der Waals surface area (Å²) in [5.74, 6) is 1.37.